The van der Waals surface area contributed by atoms with Crippen LogP contribution in [0.25, 0.3) is 33.3 Å². The Morgan fingerprint density at radius 3 is 2.77 bits per heavy atom. The third-order valence-electron chi connectivity index (χ3n) is 7.56. The van der Waals surface area contributed by atoms with Crippen molar-refractivity contribution in [2.75, 3.05) is 6.61 Å². The highest BCUT2D eigenvalue weighted by Crippen LogP contribution is 2.42. The van der Waals surface area contributed by atoms with E-state index in [9.17, 15) is 19.5 Å². The van der Waals surface area contributed by atoms with E-state index in [1.54, 1.807) is 36.0 Å². The van der Waals surface area contributed by atoms with Crippen LogP contribution in [0.5, 0.6) is 0 Å². The molecule has 0 saturated heterocycles. The average Bonchev–Trinajstić information content (AvgIpc) is 3.54. The zero-order valence-electron chi connectivity index (χ0n) is 22.5. The molecular weight excluding hydrogens is 538 g/mol. The first-order valence-electron chi connectivity index (χ1n) is 13.0. The van der Waals surface area contributed by atoms with Crippen molar-refractivity contribution in [1.29, 1.82) is 0 Å². The number of carbonyl (C=O) groups is 2. The second kappa shape index (κ2) is 9.15. The molecule has 0 radical (unpaired) electrons. The summed E-state index contributed by atoms with van der Waals surface area (Å²) in [5.74, 6) is -1.08. The van der Waals surface area contributed by atoms with E-state index in [2.05, 4.69) is 5.32 Å². The minimum Gasteiger partial charge on any atom is -0.463 e. The predicted octanol–water partition coefficient (Wildman–Crippen LogP) is 3.91. The molecule has 1 amide bonds. The number of pyridine rings is 2. The van der Waals surface area contributed by atoms with Gasteiger partial charge in [0.2, 0.25) is 5.91 Å². The molecule has 3 aromatic heterocycles. The van der Waals surface area contributed by atoms with Crippen LogP contribution in [0.2, 0.25) is 5.02 Å². The first kappa shape index (κ1) is 26.5. The Morgan fingerprint density at radius 2 is 2.05 bits per heavy atom. The third kappa shape index (κ3) is 4.01. The summed E-state index contributed by atoms with van der Waals surface area (Å²) in [6.07, 6.45) is 1.58. The molecule has 6 rings (SSSR count). The molecule has 0 spiro atoms. The van der Waals surface area contributed by atoms with Gasteiger partial charge in [-0.15, -0.1) is 0 Å². The first-order chi connectivity index (χ1) is 18.9. The molecule has 4 aromatic rings. The smallest absolute Gasteiger partial charge is 0.343 e. The summed E-state index contributed by atoms with van der Waals surface area (Å²) in [5, 5.41) is 16.0. The van der Waals surface area contributed by atoms with Crippen LogP contribution < -0.4 is 10.9 Å². The lowest BCUT2D eigenvalue weighted by Crippen LogP contribution is -2.44. The molecule has 0 unspecified atom stereocenters. The SMILES string of the molecule is CC[C@@]1(O)C(=O)OCc2c1cc1n(c2=O)Cc2c-1nc1cc(Cl)c3occc3c1c2CNC(=O)COC(C)(C)C. The number of aliphatic hydroxyl groups is 1. The molecule has 0 bridgehead atoms. The van der Waals surface area contributed by atoms with Gasteiger partial charge in [0.05, 0.1) is 45.9 Å². The molecule has 1 atom stereocenters. The second-order valence-corrected chi connectivity index (χ2v) is 11.5. The number of fused-ring (bicyclic) bond motifs is 7. The summed E-state index contributed by atoms with van der Waals surface area (Å²) in [4.78, 5) is 43.8. The highest BCUT2D eigenvalue weighted by Gasteiger charge is 2.45. The monoisotopic (exact) mass is 565 g/mol. The van der Waals surface area contributed by atoms with Gasteiger partial charge in [0, 0.05) is 28.4 Å². The molecule has 208 valence electrons. The molecule has 2 aliphatic heterocycles. The number of nitrogens with one attached hydrogen (secondary N) is 1. The number of aromatic nitrogens is 2. The van der Waals surface area contributed by atoms with Crippen LogP contribution in [0.1, 0.15) is 56.4 Å². The van der Waals surface area contributed by atoms with Crippen LogP contribution in [0, 0.1) is 0 Å². The number of ether oxygens (including phenoxy) is 2. The number of halogens is 1. The van der Waals surface area contributed by atoms with Crippen LogP contribution >= 0.6 is 11.6 Å². The van der Waals surface area contributed by atoms with Gasteiger partial charge in [0.1, 0.15) is 13.2 Å². The van der Waals surface area contributed by atoms with Crippen LogP contribution in [0.4, 0.5) is 0 Å². The first-order valence-corrected chi connectivity index (χ1v) is 13.4. The van der Waals surface area contributed by atoms with Gasteiger partial charge < -0.3 is 28.9 Å². The summed E-state index contributed by atoms with van der Waals surface area (Å²) in [6, 6.07) is 5.14. The van der Waals surface area contributed by atoms with E-state index in [0.29, 0.717) is 27.5 Å². The fourth-order valence-electron chi connectivity index (χ4n) is 5.48. The number of cyclic esters (lactones) is 1. The molecule has 2 N–H and O–H groups in total. The van der Waals surface area contributed by atoms with Crippen molar-refractivity contribution in [3.05, 3.63) is 62.1 Å². The Kier molecular flexibility index (Phi) is 6.06. The topological polar surface area (TPSA) is 133 Å². The minimum absolute atomic E-state index is 0.0434. The van der Waals surface area contributed by atoms with Gasteiger partial charge >= 0.3 is 5.97 Å². The number of rotatable bonds is 5. The van der Waals surface area contributed by atoms with Gasteiger partial charge in [-0.05, 0) is 51.0 Å². The lowest BCUT2D eigenvalue weighted by atomic mass is 9.86. The standard InChI is InChI=1S/C29H28ClN3O7/c1-5-29(37)18-8-21-24-16(11-33(21)26(35)17(18)12-39-27(29)36)15(10-31-22(34)13-40-28(2,3)4)23-14-6-7-38-25(14)19(30)9-20(23)32-24/h6-9,37H,5,10-13H2,1-4H3,(H,31,34)/t29-/m0/s1. The summed E-state index contributed by atoms with van der Waals surface area (Å²) in [5.41, 5.74) is 1.21. The van der Waals surface area contributed by atoms with Crippen molar-refractivity contribution < 1.29 is 28.6 Å². The number of esters is 1. The predicted molar refractivity (Wildman–Crippen MR) is 147 cm³/mol. The molecule has 0 fully saturated rings. The van der Waals surface area contributed by atoms with E-state index in [1.165, 1.54) is 0 Å². The molecular formula is C29H28ClN3O7. The van der Waals surface area contributed by atoms with Crippen molar-refractivity contribution in [1.82, 2.24) is 14.9 Å². The number of hydrogen-bond acceptors (Lipinski definition) is 8. The van der Waals surface area contributed by atoms with E-state index in [-0.39, 0.29) is 55.3 Å². The maximum Gasteiger partial charge on any atom is 0.343 e. The van der Waals surface area contributed by atoms with Crippen molar-refractivity contribution in [3.8, 4) is 11.4 Å². The van der Waals surface area contributed by atoms with Crippen LogP contribution in [0.15, 0.2) is 33.7 Å². The summed E-state index contributed by atoms with van der Waals surface area (Å²) >= 11 is 6.52. The van der Waals surface area contributed by atoms with Gasteiger partial charge in [-0.3, -0.25) is 9.59 Å². The Morgan fingerprint density at radius 1 is 1.27 bits per heavy atom. The largest absolute Gasteiger partial charge is 0.463 e. The number of carbonyl (C=O) groups excluding carboxylic acids is 2. The molecule has 40 heavy (non-hydrogen) atoms. The van der Waals surface area contributed by atoms with Crippen LogP contribution in [0.3, 0.4) is 0 Å². The number of amides is 1. The number of nitrogens with zero attached hydrogens (tertiary/aromatic N) is 2. The van der Waals surface area contributed by atoms with Gasteiger partial charge in [0.25, 0.3) is 5.56 Å². The van der Waals surface area contributed by atoms with Crippen molar-refractivity contribution in [2.24, 2.45) is 0 Å². The van der Waals surface area contributed by atoms with Crippen molar-refractivity contribution in [2.45, 2.75) is 65.0 Å². The van der Waals surface area contributed by atoms with Crippen molar-refractivity contribution in [3.63, 3.8) is 0 Å². The fourth-order valence-corrected chi connectivity index (χ4v) is 5.73. The summed E-state index contributed by atoms with van der Waals surface area (Å²) in [6.45, 7) is 7.26. The zero-order chi connectivity index (χ0) is 28.6. The van der Waals surface area contributed by atoms with Crippen molar-refractivity contribution >= 4 is 45.3 Å². The van der Waals surface area contributed by atoms with E-state index in [4.69, 9.17) is 30.5 Å². The lowest BCUT2D eigenvalue weighted by molar-refractivity contribution is -0.172. The minimum atomic E-state index is -1.93. The average molecular weight is 566 g/mol. The highest BCUT2D eigenvalue weighted by atomic mass is 35.5. The number of hydrogen-bond donors (Lipinski definition) is 2. The van der Waals surface area contributed by atoms with E-state index in [0.717, 1.165) is 21.9 Å². The molecule has 0 saturated carbocycles. The maximum absolute atomic E-state index is 13.7. The van der Waals surface area contributed by atoms with Crippen LogP contribution in [-0.2, 0) is 44.4 Å². The molecule has 11 heteroatoms. The lowest BCUT2D eigenvalue weighted by Gasteiger charge is -2.31. The normalized spacial score (nSPS) is 18.0. The van der Waals surface area contributed by atoms with E-state index in [1.807, 2.05) is 20.8 Å². The third-order valence-corrected chi connectivity index (χ3v) is 7.84. The zero-order valence-corrected chi connectivity index (χ0v) is 23.3. The fraction of sp³-hybridized carbons (Fsp3) is 0.379. The molecule has 0 aliphatic carbocycles. The second-order valence-electron chi connectivity index (χ2n) is 11.1. The van der Waals surface area contributed by atoms with E-state index < -0.39 is 17.2 Å². The molecule has 5 heterocycles. The molecule has 10 nitrogen and oxygen atoms in total. The number of furan rings is 1. The quantitative estimate of drug-likeness (QED) is 0.306. The summed E-state index contributed by atoms with van der Waals surface area (Å²) < 4.78 is 18.0. The molecule has 1 aromatic carbocycles. The summed E-state index contributed by atoms with van der Waals surface area (Å²) in [7, 11) is 0. The number of benzene rings is 1. The Labute approximate surface area is 233 Å². The van der Waals surface area contributed by atoms with E-state index >= 15 is 0 Å². The van der Waals surface area contributed by atoms with Gasteiger partial charge in [-0.2, -0.15) is 0 Å². The highest BCUT2D eigenvalue weighted by molar-refractivity contribution is 6.36. The Hall–Kier alpha value is -3.73. The van der Waals surface area contributed by atoms with Gasteiger partial charge in [-0.25, -0.2) is 9.78 Å². The van der Waals surface area contributed by atoms with Gasteiger partial charge in [0.15, 0.2) is 11.2 Å². The Bertz CT molecular complexity index is 1800. The van der Waals surface area contributed by atoms with Gasteiger partial charge in [-0.1, -0.05) is 18.5 Å². The Balaban J connectivity index is 1.54. The maximum atomic E-state index is 13.7. The molecule has 2 aliphatic rings. The van der Waals surface area contributed by atoms with Crippen LogP contribution in [-0.4, -0.2) is 38.7 Å².